The van der Waals surface area contributed by atoms with Crippen LogP contribution in [-0.2, 0) is 4.79 Å². The summed E-state index contributed by atoms with van der Waals surface area (Å²) in [5, 5.41) is 8.80. The second kappa shape index (κ2) is 10.8. The summed E-state index contributed by atoms with van der Waals surface area (Å²) in [5.41, 5.74) is 0. The molecule has 0 aliphatic heterocycles. The van der Waals surface area contributed by atoms with Crippen LogP contribution in [-0.4, -0.2) is 16.4 Å². The molecule has 0 amide bonds. The second-order valence-electron chi connectivity index (χ2n) is 1.19. The van der Waals surface area contributed by atoms with Crippen LogP contribution in [0.4, 0.5) is 0 Å². The molecule has 0 bridgehead atoms. The minimum Gasteiger partial charge on any atom is -0.481 e. The number of hydrogen-bond donors (Lipinski definition) is 3. The molecular weight excluding hydrogens is 188 g/mol. The molecule has 0 aliphatic rings. The first kappa shape index (κ1) is 11.6. The molecule has 0 aromatic rings. The van der Waals surface area contributed by atoms with Crippen LogP contribution in [0.2, 0.25) is 0 Å². The Labute approximate surface area is 62.3 Å². The monoisotopic (exact) mass is 198 g/mol. The highest BCUT2D eigenvalue weighted by Crippen LogP contribution is 1.91. The van der Waals surface area contributed by atoms with Gasteiger partial charge in [0.15, 0.2) is 0 Å². The SMILES string of the molecule is NN.O=C(O)CCCBr. The van der Waals surface area contributed by atoms with Crippen molar-refractivity contribution in [3.63, 3.8) is 0 Å². The molecule has 0 aliphatic carbocycles. The molecule has 9 heavy (non-hydrogen) atoms. The summed E-state index contributed by atoms with van der Waals surface area (Å²) < 4.78 is 0. The summed E-state index contributed by atoms with van der Waals surface area (Å²) in [5.74, 6) is 7.28. The van der Waals surface area contributed by atoms with Gasteiger partial charge in [-0.1, -0.05) is 15.9 Å². The Bertz CT molecular complexity index is 69.6. The molecule has 0 heterocycles. The molecule has 0 aromatic carbocycles. The molecule has 4 nitrogen and oxygen atoms in total. The number of carboxylic acids is 1. The molecule has 5 heteroatoms. The van der Waals surface area contributed by atoms with Crippen molar-refractivity contribution in [1.82, 2.24) is 0 Å². The molecule has 0 fully saturated rings. The molecule has 0 saturated carbocycles. The number of hydrazine groups is 1. The van der Waals surface area contributed by atoms with Crippen LogP contribution in [0, 0.1) is 0 Å². The van der Waals surface area contributed by atoms with E-state index in [1.54, 1.807) is 0 Å². The average molecular weight is 199 g/mol. The first-order chi connectivity index (χ1) is 4.27. The van der Waals surface area contributed by atoms with Gasteiger partial charge in [-0.25, -0.2) is 0 Å². The van der Waals surface area contributed by atoms with E-state index >= 15 is 0 Å². The number of halogens is 1. The Morgan fingerprint density at radius 2 is 2.00 bits per heavy atom. The number of carbonyl (C=O) groups is 1. The third kappa shape index (κ3) is 18.1. The first-order valence-corrected chi connectivity index (χ1v) is 3.50. The van der Waals surface area contributed by atoms with E-state index in [1.165, 1.54) is 0 Å². The fourth-order valence-electron chi connectivity index (χ4n) is 0.218. The molecule has 56 valence electrons. The Hall–Kier alpha value is -0.130. The van der Waals surface area contributed by atoms with Crippen molar-refractivity contribution in [2.45, 2.75) is 12.8 Å². The highest BCUT2D eigenvalue weighted by atomic mass is 79.9. The topological polar surface area (TPSA) is 89.3 Å². The largest absolute Gasteiger partial charge is 0.481 e. The lowest BCUT2D eigenvalue weighted by Gasteiger charge is -1.84. The lowest BCUT2D eigenvalue weighted by molar-refractivity contribution is -0.137. The van der Waals surface area contributed by atoms with Crippen LogP contribution in [0.3, 0.4) is 0 Å². The standard InChI is InChI=1S/C4H7BrO2.H4N2/c5-3-1-2-4(6)7;1-2/h1-3H2,(H,6,7);1-2H2. The van der Waals surface area contributed by atoms with Crippen LogP contribution < -0.4 is 11.7 Å². The van der Waals surface area contributed by atoms with Crippen molar-refractivity contribution < 1.29 is 9.90 Å². The van der Waals surface area contributed by atoms with Crippen molar-refractivity contribution >= 4 is 21.9 Å². The van der Waals surface area contributed by atoms with Crippen LogP contribution in [0.25, 0.3) is 0 Å². The van der Waals surface area contributed by atoms with Gasteiger partial charge in [-0.2, -0.15) is 0 Å². The highest BCUT2D eigenvalue weighted by molar-refractivity contribution is 9.09. The van der Waals surface area contributed by atoms with Gasteiger partial charge in [0.25, 0.3) is 0 Å². The summed E-state index contributed by atoms with van der Waals surface area (Å²) in [4.78, 5) is 9.74. The molecule has 0 unspecified atom stereocenters. The smallest absolute Gasteiger partial charge is 0.303 e. The van der Waals surface area contributed by atoms with Gasteiger partial charge >= 0.3 is 5.97 Å². The summed E-state index contributed by atoms with van der Waals surface area (Å²) in [6.07, 6.45) is 0.987. The molecule has 0 aromatic heterocycles. The van der Waals surface area contributed by atoms with Gasteiger partial charge in [0.2, 0.25) is 0 Å². The molecule has 0 radical (unpaired) electrons. The van der Waals surface area contributed by atoms with Crippen LogP contribution in [0.15, 0.2) is 0 Å². The lowest BCUT2D eigenvalue weighted by atomic mass is 10.3. The van der Waals surface area contributed by atoms with Crippen molar-refractivity contribution in [3.8, 4) is 0 Å². The maximum Gasteiger partial charge on any atom is 0.303 e. The number of carboxylic acid groups (broad SMARTS) is 1. The Morgan fingerprint density at radius 3 is 2.11 bits per heavy atom. The lowest BCUT2D eigenvalue weighted by Crippen LogP contribution is -2.02. The zero-order valence-electron chi connectivity index (χ0n) is 5.01. The maximum atomic E-state index is 9.74. The van der Waals surface area contributed by atoms with Gasteiger partial charge in [-0.3, -0.25) is 16.5 Å². The number of nitrogens with two attached hydrogens (primary N) is 2. The van der Waals surface area contributed by atoms with Crippen molar-refractivity contribution in [2.75, 3.05) is 5.33 Å². The average Bonchev–Trinajstić information content (AvgIpc) is 1.88. The fourth-order valence-corrected chi connectivity index (χ4v) is 0.498. The van der Waals surface area contributed by atoms with E-state index in [0.717, 1.165) is 11.8 Å². The normalized spacial score (nSPS) is 7.44. The van der Waals surface area contributed by atoms with E-state index in [-0.39, 0.29) is 6.42 Å². The summed E-state index contributed by atoms with van der Waals surface area (Å²) in [7, 11) is 0. The van der Waals surface area contributed by atoms with E-state index in [2.05, 4.69) is 27.6 Å². The Kier molecular flexibility index (Phi) is 13.9. The van der Waals surface area contributed by atoms with E-state index in [9.17, 15) is 4.79 Å². The molecule has 0 saturated heterocycles. The molecule has 0 rings (SSSR count). The van der Waals surface area contributed by atoms with Crippen LogP contribution in [0.1, 0.15) is 12.8 Å². The minimum atomic E-state index is -0.723. The zero-order valence-corrected chi connectivity index (χ0v) is 6.60. The van der Waals surface area contributed by atoms with Crippen LogP contribution in [0.5, 0.6) is 0 Å². The first-order valence-electron chi connectivity index (χ1n) is 2.38. The fraction of sp³-hybridized carbons (Fsp3) is 0.750. The van der Waals surface area contributed by atoms with Crippen LogP contribution >= 0.6 is 15.9 Å². The zero-order chi connectivity index (χ0) is 7.70. The predicted molar refractivity (Wildman–Crippen MR) is 39.0 cm³/mol. The van der Waals surface area contributed by atoms with Crippen molar-refractivity contribution in [1.29, 1.82) is 0 Å². The Balaban J connectivity index is 0. The molecule has 0 spiro atoms. The predicted octanol–water partition coefficient (Wildman–Crippen LogP) is 0.0649. The molecule has 5 N–H and O–H groups in total. The van der Waals surface area contributed by atoms with E-state index in [4.69, 9.17) is 5.11 Å². The van der Waals surface area contributed by atoms with Gasteiger partial charge in [-0.15, -0.1) is 0 Å². The van der Waals surface area contributed by atoms with E-state index in [1.807, 2.05) is 0 Å². The van der Waals surface area contributed by atoms with Gasteiger partial charge in [-0.05, 0) is 6.42 Å². The third-order valence-electron chi connectivity index (χ3n) is 0.524. The van der Waals surface area contributed by atoms with Gasteiger partial charge in [0.1, 0.15) is 0 Å². The van der Waals surface area contributed by atoms with E-state index < -0.39 is 5.97 Å². The minimum absolute atomic E-state index is 0.269. The Morgan fingerprint density at radius 1 is 1.56 bits per heavy atom. The quantitative estimate of drug-likeness (QED) is 0.340. The number of aliphatic carboxylic acids is 1. The highest BCUT2D eigenvalue weighted by Gasteiger charge is 1.91. The number of rotatable bonds is 3. The molecular formula is C4H11BrN2O2. The number of alkyl halides is 1. The summed E-state index contributed by atoms with van der Waals surface area (Å²) in [6, 6.07) is 0. The van der Waals surface area contributed by atoms with E-state index in [0.29, 0.717) is 0 Å². The van der Waals surface area contributed by atoms with Gasteiger partial charge in [0, 0.05) is 11.8 Å². The number of hydrogen-bond acceptors (Lipinski definition) is 3. The summed E-state index contributed by atoms with van der Waals surface area (Å²) in [6.45, 7) is 0. The van der Waals surface area contributed by atoms with Gasteiger partial charge < -0.3 is 5.11 Å². The second-order valence-corrected chi connectivity index (χ2v) is 1.98. The molecule has 0 atom stereocenters. The van der Waals surface area contributed by atoms with Crippen molar-refractivity contribution in [2.24, 2.45) is 11.7 Å². The van der Waals surface area contributed by atoms with Gasteiger partial charge in [0.05, 0.1) is 0 Å². The third-order valence-corrected chi connectivity index (χ3v) is 1.09. The maximum absolute atomic E-state index is 9.74. The van der Waals surface area contributed by atoms with Crippen molar-refractivity contribution in [3.05, 3.63) is 0 Å². The summed E-state index contributed by atoms with van der Waals surface area (Å²) >= 11 is 3.11.